The predicted octanol–water partition coefficient (Wildman–Crippen LogP) is 11.4. The molecular weight excluding hydrogens is 593 g/mol. The van der Waals surface area contributed by atoms with Gasteiger partial charge in [0.25, 0.3) is 0 Å². The third-order valence-electron chi connectivity index (χ3n) is 16.6. The van der Waals surface area contributed by atoms with Crippen molar-refractivity contribution in [3.63, 3.8) is 0 Å². The van der Waals surface area contributed by atoms with Gasteiger partial charge >= 0.3 is 5.97 Å². The molecule has 0 spiro atoms. The highest BCUT2D eigenvalue weighted by Crippen LogP contribution is 2.76. The van der Waals surface area contributed by atoms with Crippen LogP contribution in [0.25, 0.3) is 0 Å². The summed E-state index contributed by atoms with van der Waals surface area (Å²) < 4.78 is 20.8. The highest BCUT2D eigenvalue weighted by Gasteiger charge is 2.69. The Labute approximate surface area is 292 Å². The topological polar surface area (TPSA) is 38.3 Å². The van der Waals surface area contributed by atoms with Gasteiger partial charge in [0.05, 0.1) is 0 Å². The van der Waals surface area contributed by atoms with Crippen molar-refractivity contribution in [2.75, 3.05) is 0 Å². The smallest absolute Gasteiger partial charge is 0.302 e. The van der Waals surface area contributed by atoms with Crippen LogP contribution in [0.2, 0.25) is 0 Å². The van der Waals surface area contributed by atoms with Crippen LogP contribution < -0.4 is 5.32 Å². The maximum absolute atomic E-state index is 14.8. The fraction of sp³-hybridized carbons (Fsp3) is 0.750. The van der Waals surface area contributed by atoms with Crippen molar-refractivity contribution in [2.24, 2.45) is 56.7 Å². The minimum atomic E-state index is -0.131. The molecule has 0 aliphatic heterocycles. The van der Waals surface area contributed by atoms with Crippen LogP contribution in [0.5, 0.6) is 0 Å². The van der Waals surface area contributed by atoms with Gasteiger partial charge in [0.2, 0.25) is 0 Å². The quantitative estimate of drug-likeness (QED) is 0.244. The van der Waals surface area contributed by atoms with E-state index >= 15 is 0 Å². The molecule has 3 nitrogen and oxygen atoms in total. The van der Waals surface area contributed by atoms with Gasteiger partial charge in [-0.1, -0.05) is 84.7 Å². The number of hydrogen-bond acceptors (Lipinski definition) is 3. The summed E-state index contributed by atoms with van der Waals surface area (Å²) >= 11 is 0. The number of carbonyl (C=O) groups excluding carboxylic acids is 1. The summed E-state index contributed by atoms with van der Waals surface area (Å²) in [5, 5.41) is 4.05. The molecule has 1 aromatic rings. The zero-order valence-electron chi connectivity index (χ0n) is 31.7. The number of fused-ring (bicyclic) bond motifs is 7. The van der Waals surface area contributed by atoms with Gasteiger partial charge in [-0.05, 0) is 140 Å². The summed E-state index contributed by atoms with van der Waals surface area (Å²) in [6.07, 6.45) is 16.8. The van der Waals surface area contributed by atoms with Crippen molar-refractivity contribution in [2.45, 2.75) is 152 Å². The van der Waals surface area contributed by atoms with E-state index in [1.54, 1.807) is 29.8 Å². The second-order valence-corrected chi connectivity index (χ2v) is 18.9. The minimum absolute atomic E-state index is 0. The third-order valence-corrected chi connectivity index (χ3v) is 16.6. The first kappa shape index (κ1) is 34.4. The molecule has 6 aliphatic carbocycles. The van der Waals surface area contributed by atoms with Gasteiger partial charge in [-0.2, -0.15) is 0 Å². The van der Waals surface area contributed by atoms with E-state index in [9.17, 15) is 9.18 Å². The summed E-state index contributed by atoms with van der Waals surface area (Å²) in [5.41, 5.74) is 7.63. The van der Waals surface area contributed by atoms with Gasteiger partial charge in [0.15, 0.2) is 0 Å². The fourth-order valence-corrected chi connectivity index (χ4v) is 13.4. The van der Waals surface area contributed by atoms with Crippen molar-refractivity contribution in [1.29, 1.82) is 0 Å². The third kappa shape index (κ3) is 4.94. The normalized spacial score (nSPS) is 42.7. The van der Waals surface area contributed by atoms with Crippen LogP contribution in [0.15, 0.2) is 41.1 Å². The molecule has 6 aliphatic rings. The maximum Gasteiger partial charge on any atom is 0.302 e. The van der Waals surface area contributed by atoms with E-state index in [-0.39, 0.29) is 46.4 Å². The van der Waals surface area contributed by atoms with Gasteiger partial charge in [-0.25, -0.2) is 4.39 Å². The van der Waals surface area contributed by atoms with Gasteiger partial charge in [-0.3, -0.25) is 4.79 Å². The summed E-state index contributed by atoms with van der Waals surface area (Å²) in [6, 6.07) is 5.88. The Balaban J connectivity index is 0.00000417. The number of aryl methyl sites for hydroxylation is 1. The highest BCUT2D eigenvalue weighted by molar-refractivity contribution is 5.66. The van der Waals surface area contributed by atoms with Gasteiger partial charge in [0.1, 0.15) is 11.9 Å². The number of nitrogens with one attached hydrogen (secondary N) is 1. The van der Waals surface area contributed by atoms with Crippen LogP contribution in [0.1, 0.15) is 145 Å². The molecule has 1 N–H and O–H groups in total. The van der Waals surface area contributed by atoms with E-state index in [0.29, 0.717) is 36.1 Å². The van der Waals surface area contributed by atoms with Gasteiger partial charge < -0.3 is 10.1 Å². The Kier molecular flexibility index (Phi) is 8.39. The molecule has 3 unspecified atom stereocenters. The monoisotopic (exact) mass is 660 g/mol. The number of rotatable bonds is 6. The predicted molar refractivity (Wildman–Crippen MR) is 196 cm³/mol. The average Bonchev–Trinajstić information content (AvgIpc) is 3.86. The van der Waals surface area contributed by atoms with Crippen LogP contribution in [0, 0.1) is 62.5 Å². The molecule has 0 radical (unpaired) electrons. The minimum Gasteiger partial charge on any atom is -0.462 e. The molecule has 0 bridgehead atoms. The molecule has 10 atom stereocenters. The molecule has 1 aromatic carbocycles. The van der Waals surface area contributed by atoms with Crippen molar-refractivity contribution < 1.29 is 15.3 Å². The van der Waals surface area contributed by atoms with Crippen LogP contribution >= 0.6 is 0 Å². The summed E-state index contributed by atoms with van der Waals surface area (Å²) in [7, 11) is 0. The summed E-state index contributed by atoms with van der Waals surface area (Å²) in [5.74, 6) is 2.89. The SMILES string of the molecule is CCc1ccc(CNC(=C2CC2)[C@]23CC[C@@H](C)[C@H](C)C2C2=CCC4[C@@]5(C)CC[C@H](OC(C)=O)C(C)(C)C5CC[C@@]4(C)[C@]2(C)CC3)cc1F.[HH]. The maximum atomic E-state index is 14.8. The number of benzene rings is 1. The van der Waals surface area contributed by atoms with E-state index in [0.717, 1.165) is 30.4 Å². The number of esters is 1. The van der Waals surface area contributed by atoms with E-state index in [1.165, 1.54) is 57.8 Å². The van der Waals surface area contributed by atoms with Crippen LogP contribution in [0.3, 0.4) is 0 Å². The molecular formula is C44H66FNO2. The van der Waals surface area contributed by atoms with Crippen LogP contribution in [-0.2, 0) is 22.5 Å². The molecule has 5 saturated carbocycles. The molecule has 0 heterocycles. The Hall–Kier alpha value is -2.10. The molecule has 0 saturated heterocycles. The zero-order valence-corrected chi connectivity index (χ0v) is 31.7. The van der Waals surface area contributed by atoms with Crippen molar-refractivity contribution >= 4 is 5.97 Å². The largest absolute Gasteiger partial charge is 0.462 e. The molecule has 266 valence electrons. The van der Waals surface area contributed by atoms with Crippen molar-refractivity contribution in [3.8, 4) is 0 Å². The number of halogens is 1. The number of ether oxygens (including phenoxy) is 1. The summed E-state index contributed by atoms with van der Waals surface area (Å²) in [6.45, 7) is 22.2. The molecule has 4 heteroatoms. The lowest BCUT2D eigenvalue weighted by Gasteiger charge is -2.72. The standard InChI is InChI=1S/C44H64FNO2.H2/c1-10-31-12-11-30(25-34(31)45)26-46-39(32-13-14-32)44-22-17-27(2)28(3)38(44)33-15-16-36-41(7)20-19-37(48-29(4)47)40(5,6)35(41)18-21-43(36,9)42(33,8)23-24-44;/h11-12,15,25,27-28,35-38,46H,10,13-14,16-24,26H2,1-9H3;1H/t27-,28+,35?,36?,37+,38?,41+,42-,43-,44+;/m1./s1. The second-order valence-electron chi connectivity index (χ2n) is 18.9. The lowest BCUT2D eigenvalue weighted by Crippen LogP contribution is -2.65. The van der Waals surface area contributed by atoms with E-state index in [1.807, 2.05) is 13.0 Å². The highest BCUT2D eigenvalue weighted by atomic mass is 19.1. The van der Waals surface area contributed by atoms with Gasteiger partial charge in [0, 0.05) is 31.4 Å². The Bertz CT molecular complexity index is 1520. The van der Waals surface area contributed by atoms with Crippen LogP contribution in [0.4, 0.5) is 4.39 Å². The Morgan fingerprint density at radius 2 is 1.73 bits per heavy atom. The lowest BCUT2D eigenvalue weighted by atomic mass is 9.33. The molecule has 0 amide bonds. The van der Waals surface area contributed by atoms with E-state index in [2.05, 4.69) is 65.9 Å². The number of hydrogen-bond donors (Lipinski definition) is 1. The summed E-state index contributed by atoms with van der Waals surface area (Å²) in [4.78, 5) is 12.1. The van der Waals surface area contributed by atoms with Crippen molar-refractivity contribution in [1.82, 2.24) is 5.32 Å². The van der Waals surface area contributed by atoms with Gasteiger partial charge in [-0.15, -0.1) is 0 Å². The Morgan fingerprint density at radius 1 is 0.979 bits per heavy atom. The fourth-order valence-electron chi connectivity index (χ4n) is 13.4. The van der Waals surface area contributed by atoms with E-state index in [4.69, 9.17) is 4.74 Å². The first-order chi connectivity index (χ1) is 22.6. The first-order valence-electron chi connectivity index (χ1n) is 19.7. The number of allylic oxidation sites excluding steroid dienone is 4. The molecule has 48 heavy (non-hydrogen) atoms. The molecule has 5 fully saturated rings. The average molecular weight is 660 g/mol. The first-order valence-corrected chi connectivity index (χ1v) is 19.7. The van der Waals surface area contributed by atoms with Crippen LogP contribution in [-0.4, -0.2) is 12.1 Å². The lowest BCUT2D eigenvalue weighted by molar-refractivity contribution is -0.212. The second kappa shape index (κ2) is 11.7. The zero-order chi connectivity index (χ0) is 34.4. The molecule has 7 rings (SSSR count). The van der Waals surface area contributed by atoms with E-state index < -0.39 is 0 Å². The number of carbonyl (C=O) groups is 1. The molecule has 0 aromatic heterocycles. The van der Waals surface area contributed by atoms with Crippen molar-refractivity contribution in [3.05, 3.63) is 58.1 Å². The Morgan fingerprint density at radius 3 is 2.40 bits per heavy atom.